The van der Waals surface area contributed by atoms with E-state index in [9.17, 15) is 14.9 Å². The van der Waals surface area contributed by atoms with Gasteiger partial charge >= 0.3 is 0 Å². The van der Waals surface area contributed by atoms with Gasteiger partial charge in [-0.1, -0.05) is 0 Å². The minimum Gasteiger partial charge on any atom is -0.486 e. The summed E-state index contributed by atoms with van der Waals surface area (Å²) in [6, 6.07) is 5.79. The second kappa shape index (κ2) is 6.80. The number of carbonyl (C=O) groups is 1. The number of nitrogens with zero attached hydrogens (tertiary/aromatic N) is 2. The van der Waals surface area contributed by atoms with Crippen LogP contribution >= 0.6 is 11.3 Å². The SMILES string of the molecule is CCNC(=O)c1csc(COc2ccc([N+](=O)[O-])cc2)n1. The number of nitrogens with one attached hydrogen (secondary N) is 1. The fraction of sp³-hybridized carbons (Fsp3) is 0.231. The van der Waals surface area contributed by atoms with E-state index in [4.69, 9.17) is 4.74 Å². The number of amides is 1. The molecule has 0 unspecified atom stereocenters. The summed E-state index contributed by atoms with van der Waals surface area (Å²) in [5.41, 5.74) is 0.374. The fourth-order valence-corrected chi connectivity index (χ4v) is 2.23. The first kappa shape index (κ1) is 14.9. The second-order valence-electron chi connectivity index (χ2n) is 4.03. The van der Waals surface area contributed by atoms with Crippen molar-refractivity contribution in [3.05, 3.63) is 50.5 Å². The summed E-state index contributed by atoms with van der Waals surface area (Å²) in [5.74, 6) is 0.297. The number of thiazole rings is 1. The molecule has 2 aromatic rings. The van der Waals surface area contributed by atoms with Crippen LogP contribution < -0.4 is 10.1 Å². The number of aromatic nitrogens is 1. The monoisotopic (exact) mass is 307 g/mol. The number of hydrogen-bond acceptors (Lipinski definition) is 6. The van der Waals surface area contributed by atoms with E-state index in [2.05, 4.69) is 10.3 Å². The van der Waals surface area contributed by atoms with Gasteiger partial charge in [-0.3, -0.25) is 14.9 Å². The van der Waals surface area contributed by atoms with Gasteiger partial charge in [-0.15, -0.1) is 11.3 Å². The molecule has 0 aliphatic rings. The molecule has 1 aromatic carbocycles. The molecule has 0 spiro atoms. The Labute approximate surface area is 124 Å². The van der Waals surface area contributed by atoms with Crippen LogP contribution in [0.15, 0.2) is 29.6 Å². The number of ether oxygens (including phenoxy) is 1. The molecule has 0 radical (unpaired) electrons. The molecule has 0 aliphatic carbocycles. The molecule has 0 aliphatic heterocycles. The van der Waals surface area contributed by atoms with Crippen LogP contribution in [0.2, 0.25) is 0 Å². The summed E-state index contributed by atoms with van der Waals surface area (Å²) in [7, 11) is 0. The van der Waals surface area contributed by atoms with E-state index in [1.165, 1.54) is 35.6 Å². The molecule has 1 amide bonds. The molecule has 1 heterocycles. The van der Waals surface area contributed by atoms with Crippen LogP contribution in [0.5, 0.6) is 5.75 Å². The second-order valence-corrected chi connectivity index (χ2v) is 4.97. The minimum atomic E-state index is -0.469. The van der Waals surface area contributed by atoms with Crippen molar-refractivity contribution >= 4 is 22.9 Å². The maximum Gasteiger partial charge on any atom is 0.270 e. The first-order chi connectivity index (χ1) is 10.1. The van der Waals surface area contributed by atoms with E-state index in [0.717, 1.165) is 0 Å². The predicted molar refractivity (Wildman–Crippen MR) is 77.5 cm³/mol. The van der Waals surface area contributed by atoms with Gasteiger partial charge in [-0.05, 0) is 19.1 Å². The van der Waals surface area contributed by atoms with Gasteiger partial charge in [0.15, 0.2) is 0 Å². The highest BCUT2D eigenvalue weighted by atomic mass is 32.1. The van der Waals surface area contributed by atoms with Gasteiger partial charge in [0.1, 0.15) is 23.1 Å². The topological polar surface area (TPSA) is 94.4 Å². The lowest BCUT2D eigenvalue weighted by Crippen LogP contribution is -2.22. The molecule has 2 rings (SSSR count). The van der Waals surface area contributed by atoms with Crippen molar-refractivity contribution in [2.75, 3.05) is 6.54 Å². The smallest absolute Gasteiger partial charge is 0.270 e. The zero-order valence-corrected chi connectivity index (χ0v) is 12.1. The molecule has 0 saturated carbocycles. The molecule has 7 nitrogen and oxygen atoms in total. The van der Waals surface area contributed by atoms with Gasteiger partial charge in [-0.25, -0.2) is 4.98 Å². The van der Waals surface area contributed by atoms with Crippen molar-refractivity contribution in [3.8, 4) is 5.75 Å². The zero-order chi connectivity index (χ0) is 15.2. The van der Waals surface area contributed by atoms with Crippen molar-refractivity contribution in [1.29, 1.82) is 0 Å². The number of nitro benzene ring substituents is 1. The maximum atomic E-state index is 11.6. The fourth-order valence-electron chi connectivity index (χ4n) is 1.54. The van der Waals surface area contributed by atoms with Crippen LogP contribution in [-0.4, -0.2) is 22.4 Å². The quantitative estimate of drug-likeness (QED) is 0.653. The summed E-state index contributed by atoms with van der Waals surface area (Å²) < 4.78 is 5.47. The normalized spacial score (nSPS) is 10.1. The predicted octanol–water partition coefficient (Wildman–Crippen LogP) is 2.38. The lowest BCUT2D eigenvalue weighted by Gasteiger charge is -2.03. The van der Waals surface area contributed by atoms with Crippen LogP contribution in [0.1, 0.15) is 22.4 Å². The Bertz CT molecular complexity index is 639. The highest BCUT2D eigenvalue weighted by Gasteiger charge is 2.10. The average molecular weight is 307 g/mol. The third-order valence-electron chi connectivity index (χ3n) is 2.53. The molecule has 1 aromatic heterocycles. The Hall–Kier alpha value is -2.48. The average Bonchev–Trinajstić information content (AvgIpc) is 2.95. The number of rotatable bonds is 6. The maximum absolute atomic E-state index is 11.6. The molecule has 0 saturated heterocycles. The largest absolute Gasteiger partial charge is 0.486 e. The summed E-state index contributed by atoms with van der Waals surface area (Å²) in [5, 5.41) is 15.5. The molecule has 0 bridgehead atoms. The number of non-ortho nitro benzene ring substituents is 1. The number of nitro groups is 1. The molecule has 1 N–H and O–H groups in total. The van der Waals surface area contributed by atoms with Crippen LogP contribution in [0.3, 0.4) is 0 Å². The first-order valence-corrected chi connectivity index (χ1v) is 7.08. The van der Waals surface area contributed by atoms with Gasteiger partial charge in [0.05, 0.1) is 4.92 Å². The minimum absolute atomic E-state index is 0.00937. The Balaban J connectivity index is 1.94. The van der Waals surface area contributed by atoms with Crippen LogP contribution in [0.4, 0.5) is 5.69 Å². The van der Waals surface area contributed by atoms with E-state index in [0.29, 0.717) is 23.0 Å². The van der Waals surface area contributed by atoms with Gasteiger partial charge in [0.2, 0.25) is 0 Å². The van der Waals surface area contributed by atoms with E-state index in [1.807, 2.05) is 6.92 Å². The summed E-state index contributed by atoms with van der Waals surface area (Å²) in [6.07, 6.45) is 0. The summed E-state index contributed by atoms with van der Waals surface area (Å²) >= 11 is 1.33. The van der Waals surface area contributed by atoms with Gasteiger partial charge in [0.25, 0.3) is 11.6 Å². The lowest BCUT2D eigenvalue weighted by atomic mass is 10.3. The molecule has 8 heteroatoms. The summed E-state index contributed by atoms with van der Waals surface area (Å²) in [6.45, 7) is 2.59. The van der Waals surface area contributed by atoms with Crippen molar-refractivity contribution in [3.63, 3.8) is 0 Å². The Kier molecular flexibility index (Phi) is 4.83. The number of hydrogen-bond donors (Lipinski definition) is 1. The van der Waals surface area contributed by atoms with Crippen LogP contribution in [0, 0.1) is 10.1 Å². The molecule has 0 fully saturated rings. The standard InChI is InChI=1S/C13H13N3O4S/c1-2-14-13(17)11-8-21-12(15-11)7-20-10-5-3-9(4-6-10)16(18)19/h3-6,8H,2,7H2,1H3,(H,14,17). The van der Waals surface area contributed by atoms with Crippen LogP contribution in [-0.2, 0) is 6.61 Å². The molecule has 0 atom stereocenters. The summed E-state index contributed by atoms with van der Waals surface area (Å²) in [4.78, 5) is 25.8. The molecular formula is C13H13N3O4S. The zero-order valence-electron chi connectivity index (χ0n) is 11.2. The highest BCUT2D eigenvalue weighted by Crippen LogP contribution is 2.19. The number of benzene rings is 1. The molecule has 21 heavy (non-hydrogen) atoms. The lowest BCUT2D eigenvalue weighted by molar-refractivity contribution is -0.384. The Morgan fingerprint density at radius 3 is 2.76 bits per heavy atom. The highest BCUT2D eigenvalue weighted by molar-refractivity contribution is 7.09. The third kappa shape index (κ3) is 3.99. The Morgan fingerprint density at radius 2 is 2.14 bits per heavy atom. The van der Waals surface area contributed by atoms with Crippen molar-refractivity contribution < 1.29 is 14.5 Å². The van der Waals surface area contributed by atoms with Gasteiger partial charge < -0.3 is 10.1 Å². The van der Waals surface area contributed by atoms with Crippen molar-refractivity contribution in [2.45, 2.75) is 13.5 Å². The Morgan fingerprint density at radius 1 is 1.43 bits per heavy atom. The van der Waals surface area contributed by atoms with Gasteiger partial charge in [-0.2, -0.15) is 0 Å². The van der Waals surface area contributed by atoms with Crippen LogP contribution in [0.25, 0.3) is 0 Å². The first-order valence-electron chi connectivity index (χ1n) is 6.20. The molecule has 110 valence electrons. The van der Waals surface area contributed by atoms with E-state index >= 15 is 0 Å². The van der Waals surface area contributed by atoms with Crippen molar-refractivity contribution in [1.82, 2.24) is 10.3 Å². The van der Waals surface area contributed by atoms with E-state index in [1.54, 1.807) is 5.38 Å². The van der Waals surface area contributed by atoms with E-state index in [-0.39, 0.29) is 18.2 Å². The third-order valence-corrected chi connectivity index (χ3v) is 3.35. The van der Waals surface area contributed by atoms with Gasteiger partial charge in [0, 0.05) is 24.1 Å². The number of carbonyl (C=O) groups excluding carboxylic acids is 1. The van der Waals surface area contributed by atoms with E-state index < -0.39 is 4.92 Å². The molecular weight excluding hydrogens is 294 g/mol. The van der Waals surface area contributed by atoms with Crippen molar-refractivity contribution in [2.24, 2.45) is 0 Å².